The number of piperidine rings is 1. The highest BCUT2D eigenvalue weighted by molar-refractivity contribution is 5.77. The van der Waals surface area contributed by atoms with E-state index in [0.717, 1.165) is 13.1 Å². The zero-order chi connectivity index (χ0) is 11.1. The summed E-state index contributed by atoms with van der Waals surface area (Å²) in [5.74, 6) is 5.98. The Labute approximate surface area is 91.9 Å². The van der Waals surface area contributed by atoms with Gasteiger partial charge >= 0.3 is 0 Å². The monoisotopic (exact) mass is 213 g/mol. The third kappa shape index (κ3) is 4.99. The van der Waals surface area contributed by atoms with Crippen LogP contribution < -0.4 is 17.0 Å². The Morgan fingerprint density at radius 2 is 2.07 bits per heavy atom. The zero-order valence-electron chi connectivity index (χ0n) is 9.58. The molecular formula is C10H23N5. The second-order valence-corrected chi connectivity index (χ2v) is 4.34. The van der Waals surface area contributed by atoms with Crippen LogP contribution in [0.2, 0.25) is 0 Å². The van der Waals surface area contributed by atoms with Gasteiger partial charge in [0.2, 0.25) is 5.96 Å². The molecule has 1 saturated heterocycles. The van der Waals surface area contributed by atoms with Gasteiger partial charge in [-0.15, -0.1) is 0 Å². The van der Waals surface area contributed by atoms with Gasteiger partial charge in [-0.25, -0.2) is 5.84 Å². The molecule has 1 fully saturated rings. The fourth-order valence-electron chi connectivity index (χ4n) is 1.94. The Morgan fingerprint density at radius 3 is 2.67 bits per heavy atom. The standard InChI is InChI=1S/C10H23N5/c1-9(7-13-10(11)14-12)8-15-5-3-2-4-6-15/h9H,2-8,12H2,1H3,(H3,11,13,14). The SMILES string of the molecule is CC(CN=C(N)NN)CN1CCCCC1. The molecule has 1 aliphatic heterocycles. The average molecular weight is 213 g/mol. The van der Waals surface area contributed by atoms with Crippen LogP contribution in [0.5, 0.6) is 0 Å². The minimum absolute atomic E-state index is 0.320. The Morgan fingerprint density at radius 1 is 1.40 bits per heavy atom. The molecule has 1 aliphatic rings. The van der Waals surface area contributed by atoms with Gasteiger partial charge in [-0.05, 0) is 31.8 Å². The number of aliphatic imine (C=N–C) groups is 1. The molecule has 0 aliphatic carbocycles. The molecular weight excluding hydrogens is 190 g/mol. The summed E-state index contributed by atoms with van der Waals surface area (Å²) in [5, 5.41) is 0. The van der Waals surface area contributed by atoms with Crippen molar-refractivity contribution in [2.75, 3.05) is 26.2 Å². The van der Waals surface area contributed by atoms with Crippen molar-refractivity contribution >= 4 is 5.96 Å². The predicted octanol–water partition coefficient (Wildman–Crippen LogP) is -0.114. The number of hydrazine groups is 1. The third-order valence-corrected chi connectivity index (χ3v) is 2.74. The maximum absolute atomic E-state index is 5.45. The van der Waals surface area contributed by atoms with Crippen molar-refractivity contribution in [1.82, 2.24) is 10.3 Å². The number of hydrogen-bond acceptors (Lipinski definition) is 3. The third-order valence-electron chi connectivity index (χ3n) is 2.74. The summed E-state index contributed by atoms with van der Waals surface area (Å²) in [6.07, 6.45) is 4.05. The van der Waals surface area contributed by atoms with Crippen LogP contribution >= 0.6 is 0 Å². The molecule has 15 heavy (non-hydrogen) atoms. The van der Waals surface area contributed by atoms with Gasteiger partial charge in [-0.3, -0.25) is 10.4 Å². The molecule has 5 nitrogen and oxygen atoms in total. The van der Waals surface area contributed by atoms with Crippen LogP contribution in [0.3, 0.4) is 0 Å². The van der Waals surface area contributed by atoms with Gasteiger partial charge < -0.3 is 10.6 Å². The maximum atomic E-state index is 5.45. The van der Waals surface area contributed by atoms with Crippen LogP contribution in [-0.2, 0) is 0 Å². The smallest absolute Gasteiger partial charge is 0.203 e. The van der Waals surface area contributed by atoms with E-state index in [2.05, 4.69) is 22.2 Å². The fourth-order valence-corrected chi connectivity index (χ4v) is 1.94. The number of rotatable bonds is 4. The second-order valence-electron chi connectivity index (χ2n) is 4.34. The largest absolute Gasteiger partial charge is 0.369 e. The Kier molecular flexibility index (Phi) is 5.42. The summed E-state index contributed by atoms with van der Waals surface area (Å²) in [6, 6.07) is 0. The van der Waals surface area contributed by atoms with Gasteiger partial charge in [0.1, 0.15) is 0 Å². The van der Waals surface area contributed by atoms with E-state index in [0.29, 0.717) is 11.9 Å². The lowest BCUT2D eigenvalue weighted by molar-refractivity contribution is 0.203. The number of nitrogens with two attached hydrogens (primary N) is 2. The van der Waals surface area contributed by atoms with E-state index in [4.69, 9.17) is 11.6 Å². The van der Waals surface area contributed by atoms with E-state index in [1.807, 2.05) is 0 Å². The van der Waals surface area contributed by atoms with Crippen molar-refractivity contribution in [3.8, 4) is 0 Å². The van der Waals surface area contributed by atoms with Gasteiger partial charge in [0, 0.05) is 13.1 Å². The number of nitrogens with one attached hydrogen (secondary N) is 1. The summed E-state index contributed by atoms with van der Waals surface area (Å²) in [4.78, 5) is 6.65. The number of hydrogen-bond donors (Lipinski definition) is 3. The molecule has 0 bridgehead atoms. The molecule has 5 heteroatoms. The lowest BCUT2D eigenvalue weighted by atomic mass is 10.1. The molecule has 0 radical (unpaired) electrons. The lowest BCUT2D eigenvalue weighted by Crippen LogP contribution is -2.38. The normalized spacial score (nSPS) is 21.3. The minimum Gasteiger partial charge on any atom is -0.369 e. The van der Waals surface area contributed by atoms with E-state index in [1.165, 1.54) is 32.4 Å². The van der Waals surface area contributed by atoms with E-state index in [1.54, 1.807) is 0 Å². The Bertz CT molecular complexity index is 198. The van der Waals surface area contributed by atoms with E-state index in [9.17, 15) is 0 Å². The first-order chi connectivity index (χ1) is 7.22. The van der Waals surface area contributed by atoms with Crippen molar-refractivity contribution < 1.29 is 0 Å². The quantitative estimate of drug-likeness (QED) is 0.263. The first-order valence-corrected chi connectivity index (χ1v) is 5.71. The summed E-state index contributed by atoms with van der Waals surface area (Å²) in [7, 11) is 0. The second kappa shape index (κ2) is 6.63. The molecule has 1 atom stereocenters. The summed E-state index contributed by atoms with van der Waals surface area (Å²) >= 11 is 0. The highest BCUT2D eigenvalue weighted by atomic mass is 15.3. The Hall–Kier alpha value is -0.810. The molecule has 0 aromatic heterocycles. The lowest BCUT2D eigenvalue weighted by Gasteiger charge is -2.28. The molecule has 0 aromatic rings. The summed E-state index contributed by atoms with van der Waals surface area (Å²) in [6.45, 7) is 6.52. The number of likely N-dealkylation sites (tertiary alicyclic amines) is 1. The molecule has 88 valence electrons. The number of nitrogens with zero attached hydrogens (tertiary/aromatic N) is 2. The van der Waals surface area contributed by atoms with Gasteiger partial charge in [-0.2, -0.15) is 0 Å². The van der Waals surface area contributed by atoms with E-state index >= 15 is 0 Å². The number of guanidine groups is 1. The van der Waals surface area contributed by atoms with Crippen LogP contribution in [0.25, 0.3) is 0 Å². The molecule has 0 amide bonds. The maximum Gasteiger partial charge on any atom is 0.203 e. The van der Waals surface area contributed by atoms with Gasteiger partial charge in [0.25, 0.3) is 0 Å². The van der Waals surface area contributed by atoms with Gasteiger partial charge in [0.05, 0.1) is 0 Å². The average Bonchev–Trinajstić information content (AvgIpc) is 2.27. The molecule has 1 unspecified atom stereocenters. The van der Waals surface area contributed by atoms with Crippen molar-refractivity contribution in [2.45, 2.75) is 26.2 Å². The van der Waals surface area contributed by atoms with Gasteiger partial charge in [-0.1, -0.05) is 13.3 Å². The van der Waals surface area contributed by atoms with Gasteiger partial charge in [0.15, 0.2) is 0 Å². The minimum atomic E-state index is 0.320. The van der Waals surface area contributed by atoms with E-state index < -0.39 is 0 Å². The summed E-state index contributed by atoms with van der Waals surface area (Å²) < 4.78 is 0. The fraction of sp³-hybridized carbons (Fsp3) is 0.900. The van der Waals surface area contributed by atoms with Crippen LogP contribution in [-0.4, -0.2) is 37.0 Å². The van der Waals surface area contributed by atoms with Crippen LogP contribution in [0.1, 0.15) is 26.2 Å². The predicted molar refractivity (Wildman–Crippen MR) is 63.3 cm³/mol. The summed E-state index contributed by atoms with van der Waals surface area (Å²) in [5.41, 5.74) is 7.79. The molecule has 0 saturated carbocycles. The van der Waals surface area contributed by atoms with Crippen LogP contribution in [0, 0.1) is 5.92 Å². The molecule has 5 N–H and O–H groups in total. The van der Waals surface area contributed by atoms with Crippen molar-refractivity contribution in [2.24, 2.45) is 22.5 Å². The molecule has 0 spiro atoms. The highest BCUT2D eigenvalue weighted by Crippen LogP contribution is 2.10. The first-order valence-electron chi connectivity index (χ1n) is 5.71. The van der Waals surface area contributed by atoms with E-state index in [-0.39, 0.29) is 0 Å². The Balaban J connectivity index is 2.19. The van der Waals surface area contributed by atoms with Crippen LogP contribution in [0.15, 0.2) is 4.99 Å². The highest BCUT2D eigenvalue weighted by Gasteiger charge is 2.12. The molecule has 1 heterocycles. The molecule has 0 aromatic carbocycles. The van der Waals surface area contributed by atoms with Crippen LogP contribution in [0.4, 0.5) is 0 Å². The zero-order valence-corrected chi connectivity index (χ0v) is 9.58. The molecule has 1 rings (SSSR count). The van der Waals surface area contributed by atoms with Crippen molar-refractivity contribution in [3.63, 3.8) is 0 Å². The topological polar surface area (TPSA) is 79.7 Å². The van der Waals surface area contributed by atoms with Crippen molar-refractivity contribution in [1.29, 1.82) is 0 Å². The van der Waals surface area contributed by atoms with Crippen molar-refractivity contribution in [3.05, 3.63) is 0 Å². The first kappa shape index (κ1) is 12.3.